The number of para-hydroxylation sites is 1. The van der Waals surface area contributed by atoms with Crippen molar-refractivity contribution in [1.29, 1.82) is 0 Å². The summed E-state index contributed by atoms with van der Waals surface area (Å²) in [5, 5.41) is 3.15. The van der Waals surface area contributed by atoms with Crippen LogP contribution in [0.4, 0.5) is 5.69 Å². The number of fused-ring (bicyclic) bond motifs is 1. The fourth-order valence-electron chi connectivity index (χ4n) is 2.23. The van der Waals surface area contributed by atoms with Crippen LogP contribution >= 0.6 is 0 Å². The predicted molar refractivity (Wildman–Crippen MR) is 79.4 cm³/mol. The molecule has 0 saturated heterocycles. The Bertz CT molecular complexity index is 598. The lowest BCUT2D eigenvalue weighted by Gasteiger charge is -2.24. The molecule has 1 aromatic carbocycles. The Kier molecular flexibility index (Phi) is 4.45. The number of nitrogens with one attached hydrogen (secondary N) is 1. The molecule has 1 aliphatic rings. The highest BCUT2D eigenvalue weighted by Crippen LogP contribution is 2.24. The molecule has 6 heteroatoms. The first-order chi connectivity index (χ1) is 9.44. The number of benzene rings is 1. The van der Waals surface area contributed by atoms with E-state index in [0.717, 1.165) is 11.3 Å². The van der Waals surface area contributed by atoms with E-state index in [0.29, 0.717) is 6.54 Å². The zero-order valence-electron chi connectivity index (χ0n) is 11.8. The maximum Gasteiger partial charge on any atom is 0.243 e. The number of hydrogen-bond acceptors (Lipinski definition) is 4. The second-order valence-corrected chi connectivity index (χ2v) is 7.43. The van der Waals surface area contributed by atoms with Gasteiger partial charge in [0.25, 0.3) is 0 Å². The van der Waals surface area contributed by atoms with Crippen LogP contribution in [0.15, 0.2) is 24.3 Å². The number of carbonyl (C=O) groups excluding carboxylic acids is 1. The summed E-state index contributed by atoms with van der Waals surface area (Å²) in [6.07, 6.45) is 0. The predicted octanol–water partition coefficient (Wildman–Crippen LogP) is 0.946. The Morgan fingerprint density at radius 3 is 2.75 bits per heavy atom. The monoisotopic (exact) mass is 296 g/mol. The Morgan fingerprint density at radius 2 is 2.05 bits per heavy atom. The van der Waals surface area contributed by atoms with Gasteiger partial charge in [-0.05, 0) is 18.6 Å². The molecular weight excluding hydrogens is 276 g/mol. The topological polar surface area (TPSA) is 66.5 Å². The zero-order valence-corrected chi connectivity index (χ0v) is 12.6. The molecule has 20 heavy (non-hydrogen) atoms. The molecule has 0 fully saturated rings. The highest BCUT2D eigenvalue weighted by molar-refractivity contribution is 7.91. The Morgan fingerprint density at radius 1 is 1.35 bits per heavy atom. The Labute approximate surface area is 119 Å². The normalized spacial score (nSPS) is 19.6. The molecule has 1 aliphatic heterocycles. The molecule has 0 spiro atoms. The minimum Gasteiger partial charge on any atom is -0.310 e. The summed E-state index contributed by atoms with van der Waals surface area (Å²) < 4.78 is 23.3. The maximum atomic E-state index is 12.4. The van der Waals surface area contributed by atoms with Gasteiger partial charge in [-0.2, -0.15) is 0 Å². The lowest BCUT2D eigenvalue weighted by atomic mass is 10.1. The van der Waals surface area contributed by atoms with Crippen molar-refractivity contribution in [2.45, 2.75) is 26.4 Å². The third kappa shape index (κ3) is 3.19. The van der Waals surface area contributed by atoms with Crippen molar-refractivity contribution in [2.24, 2.45) is 0 Å². The number of carbonyl (C=O) groups is 1. The van der Waals surface area contributed by atoms with Crippen LogP contribution in [0.1, 0.15) is 19.4 Å². The summed E-state index contributed by atoms with van der Waals surface area (Å²) in [5.74, 6) is 0.0158. The summed E-state index contributed by atoms with van der Waals surface area (Å²) in [6, 6.07) is 7.29. The highest BCUT2D eigenvalue weighted by atomic mass is 32.2. The van der Waals surface area contributed by atoms with Crippen LogP contribution in [-0.2, 0) is 21.2 Å². The van der Waals surface area contributed by atoms with Crippen molar-refractivity contribution in [2.75, 3.05) is 23.0 Å². The van der Waals surface area contributed by atoms with Crippen molar-refractivity contribution in [3.8, 4) is 0 Å². The van der Waals surface area contributed by atoms with E-state index < -0.39 is 9.84 Å². The maximum absolute atomic E-state index is 12.4. The fraction of sp³-hybridized carbons (Fsp3) is 0.500. The van der Waals surface area contributed by atoms with Crippen LogP contribution in [0.3, 0.4) is 0 Å². The van der Waals surface area contributed by atoms with E-state index in [4.69, 9.17) is 0 Å². The SMILES string of the molecule is CCS(=O)(=O)CCN1C(=O)C(C)NCc2ccccc21. The molecule has 1 heterocycles. The standard InChI is InChI=1S/C14H20N2O3S/c1-3-20(18,19)9-8-16-13-7-5-4-6-12(13)10-15-11(2)14(16)17/h4-7,11,15H,3,8-10H2,1-2H3. The first kappa shape index (κ1) is 15.0. The summed E-state index contributed by atoms with van der Waals surface area (Å²) in [7, 11) is -3.09. The third-order valence-corrected chi connectivity index (χ3v) is 5.27. The number of amides is 1. The Balaban J connectivity index is 2.30. The van der Waals surface area contributed by atoms with Gasteiger partial charge in [0.1, 0.15) is 0 Å². The molecule has 0 aliphatic carbocycles. The third-order valence-electron chi connectivity index (χ3n) is 3.58. The van der Waals surface area contributed by atoms with E-state index in [2.05, 4.69) is 5.32 Å². The number of nitrogens with zero attached hydrogens (tertiary/aromatic N) is 1. The van der Waals surface area contributed by atoms with Crippen LogP contribution < -0.4 is 10.2 Å². The number of hydrogen-bond donors (Lipinski definition) is 1. The first-order valence-electron chi connectivity index (χ1n) is 6.77. The summed E-state index contributed by atoms with van der Waals surface area (Å²) in [5.41, 5.74) is 1.82. The van der Waals surface area contributed by atoms with Crippen LogP contribution in [0.2, 0.25) is 0 Å². The quantitative estimate of drug-likeness (QED) is 0.898. The van der Waals surface area contributed by atoms with Gasteiger partial charge in [-0.1, -0.05) is 25.1 Å². The molecule has 0 saturated carbocycles. The molecular formula is C14H20N2O3S. The van der Waals surface area contributed by atoms with Crippen molar-refractivity contribution in [3.63, 3.8) is 0 Å². The van der Waals surface area contributed by atoms with Gasteiger partial charge in [0, 0.05) is 24.5 Å². The zero-order chi connectivity index (χ0) is 14.8. The summed E-state index contributed by atoms with van der Waals surface area (Å²) in [4.78, 5) is 14.0. The number of rotatable bonds is 4. The fourth-order valence-corrected chi connectivity index (χ4v) is 2.98. The molecule has 0 bridgehead atoms. The van der Waals surface area contributed by atoms with Crippen molar-refractivity contribution < 1.29 is 13.2 Å². The average Bonchev–Trinajstić information content (AvgIpc) is 2.56. The summed E-state index contributed by atoms with van der Waals surface area (Å²) >= 11 is 0. The Hall–Kier alpha value is -1.40. The molecule has 0 aromatic heterocycles. The lowest BCUT2D eigenvalue weighted by molar-refractivity contribution is -0.120. The van der Waals surface area contributed by atoms with Gasteiger partial charge in [0.2, 0.25) is 5.91 Å². The van der Waals surface area contributed by atoms with E-state index >= 15 is 0 Å². The first-order valence-corrected chi connectivity index (χ1v) is 8.60. The second-order valence-electron chi connectivity index (χ2n) is 4.96. The van der Waals surface area contributed by atoms with Crippen molar-refractivity contribution >= 4 is 21.4 Å². The van der Waals surface area contributed by atoms with E-state index in [1.807, 2.05) is 24.3 Å². The van der Waals surface area contributed by atoms with Crippen LogP contribution in [0.5, 0.6) is 0 Å². The molecule has 1 amide bonds. The molecule has 1 N–H and O–H groups in total. The molecule has 1 aromatic rings. The highest BCUT2D eigenvalue weighted by Gasteiger charge is 2.27. The van der Waals surface area contributed by atoms with Gasteiger partial charge in [-0.25, -0.2) is 8.42 Å². The van der Waals surface area contributed by atoms with Gasteiger partial charge in [-0.15, -0.1) is 0 Å². The minimum absolute atomic E-state index is 0.00368. The van der Waals surface area contributed by atoms with Gasteiger partial charge < -0.3 is 10.2 Å². The van der Waals surface area contributed by atoms with Crippen molar-refractivity contribution in [1.82, 2.24) is 5.32 Å². The van der Waals surface area contributed by atoms with E-state index in [9.17, 15) is 13.2 Å². The van der Waals surface area contributed by atoms with E-state index in [1.165, 1.54) is 0 Å². The lowest BCUT2D eigenvalue weighted by Crippen LogP contribution is -2.44. The van der Waals surface area contributed by atoms with Gasteiger partial charge >= 0.3 is 0 Å². The average molecular weight is 296 g/mol. The van der Waals surface area contributed by atoms with E-state index in [1.54, 1.807) is 18.7 Å². The smallest absolute Gasteiger partial charge is 0.243 e. The van der Waals surface area contributed by atoms with Gasteiger partial charge in [0.05, 0.1) is 11.8 Å². The van der Waals surface area contributed by atoms with Crippen molar-refractivity contribution in [3.05, 3.63) is 29.8 Å². The minimum atomic E-state index is -3.09. The molecule has 1 unspecified atom stereocenters. The largest absolute Gasteiger partial charge is 0.310 e. The number of sulfone groups is 1. The van der Waals surface area contributed by atoms with Gasteiger partial charge in [-0.3, -0.25) is 4.79 Å². The van der Waals surface area contributed by atoms with Gasteiger partial charge in [0.15, 0.2) is 9.84 Å². The van der Waals surface area contributed by atoms with Crippen LogP contribution in [0, 0.1) is 0 Å². The van der Waals surface area contributed by atoms with Crippen LogP contribution in [-0.4, -0.2) is 38.4 Å². The second kappa shape index (κ2) is 5.93. The molecule has 110 valence electrons. The molecule has 2 rings (SSSR count). The molecule has 0 radical (unpaired) electrons. The number of anilines is 1. The summed E-state index contributed by atoms with van der Waals surface area (Å²) in [6.45, 7) is 4.24. The van der Waals surface area contributed by atoms with E-state index in [-0.39, 0.29) is 30.0 Å². The van der Waals surface area contributed by atoms with Crippen LogP contribution in [0.25, 0.3) is 0 Å². The molecule has 1 atom stereocenters. The molecule has 5 nitrogen and oxygen atoms in total.